The summed E-state index contributed by atoms with van der Waals surface area (Å²) >= 11 is 0. The number of carbonyl (C=O) groups is 2. The van der Waals surface area contributed by atoms with Crippen molar-refractivity contribution in [1.82, 2.24) is 0 Å². The van der Waals surface area contributed by atoms with Crippen LogP contribution in [0.1, 0.15) is 24.2 Å². The second-order valence-electron chi connectivity index (χ2n) is 4.91. The summed E-state index contributed by atoms with van der Waals surface area (Å²) in [5.74, 6) is -1.91. The molecule has 21 heavy (non-hydrogen) atoms. The molecule has 1 aromatic rings. The number of aromatic carboxylic acids is 1. The van der Waals surface area contributed by atoms with Crippen LogP contribution in [0, 0.1) is 15.5 Å². The van der Waals surface area contributed by atoms with Gasteiger partial charge in [-0.15, -0.1) is 0 Å². The molecule has 0 spiro atoms. The first-order valence-electron chi connectivity index (χ1n) is 5.92. The van der Waals surface area contributed by atoms with Crippen molar-refractivity contribution in [2.45, 2.75) is 13.8 Å². The monoisotopic (exact) mass is 297 g/mol. The molecule has 1 rings (SSSR count). The molecule has 0 atom stereocenters. The van der Waals surface area contributed by atoms with Crippen molar-refractivity contribution >= 4 is 17.6 Å². The molecule has 0 fully saturated rings. The van der Waals surface area contributed by atoms with Crippen LogP contribution in [-0.4, -0.2) is 35.7 Å². The highest BCUT2D eigenvalue weighted by molar-refractivity contribution is 5.88. The average Bonchev–Trinajstić information content (AvgIpc) is 2.43. The van der Waals surface area contributed by atoms with Crippen LogP contribution in [-0.2, 0) is 9.53 Å². The molecule has 0 radical (unpaired) electrons. The Morgan fingerprint density at radius 1 is 1.38 bits per heavy atom. The van der Waals surface area contributed by atoms with Crippen molar-refractivity contribution in [2.24, 2.45) is 5.41 Å². The van der Waals surface area contributed by atoms with E-state index >= 15 is 0 Å². The molecule has 0 bridgehead atoms. The summed E-state index contributed by atoms with van der Waals surface area (Å²) in [4.78, 5) is 32.5. The van der Waals surface area contributed by atoms with E-state index in [0.717, 1.165) is 6.07 Å². The van der Waals surface area contributed by atoms with Gasteiger partial charge in [0.15, 0.2) is 5.75 Å². The van der Waals surface area contributed by atoms with Gasteiger partial charge in [-0.2, -0.15) is 0 Å². The normalized spacial score (nSPS) is 10.8. The van der Waals surface area contributed by atoms with Crippen molar-refractivity contribution in [3.8, 4) is 5.75 Å². The average molecular weight is 297 g/mol. The van der Waals surface area contributed by atoms with E-state index in [-0.39, 0.29) is 17.9 Å². The Morgan fingerprint density at radius 2 is 2.00 bits per heavy atom. The highest BCUT2D eigenvalue weighted by Crippen LogP contribution is 2.30. The smallest absolute Gasteiger partial charge is 0.335 e. The molecule has 0 amide bonds. The Bertz CT molecular complexity index is 580. The summed E-state index contributed by atoms with van der Waals surface area (Å²) in [5, 5.41) is 19.8. The molecule has 0 unspecified atom stereocenters. The minimum atomic E-state index is -1.28. The number of nitro benzene ring substituents is 1. The number of nitrogens with zero attached hydrogens (tertiary/aromatic N) is 1. The van der Waals surface area contributed by atoms with E-state index in [0.29, 0.717) is 0 Å². The van der Waals surface area contributed by atoms with Crippen LogP contribution in [0.3, 0.4) is 0 Å². The topological polar surface area (TPSA) is 116 Å². The number of hydrogen-bond acceptors (Lipinski definition) is 6. The maximum Gasteiger partial charge on any atom is 0.335 e. The molecule has 0 aliphatic rings. The summed E-state index contributed by atoms with van der Waals surface area (Å²) in [6.45, 7) is 2.99. The predicted octanol–water partition coefficient (Wildman–Crippen LogP) is 1.87. The zero-order valence-corrected chi connectivity index (χ0v) is 11.8. The molecule has 1 N–H and O–H groups in total. The number of methoxy groups -OCH3 is 1. The van der Waals surface area contributed by atoms with Gasteiger partial charge in [-0.1, -0.05) is 0 Å². The highest BCUT2D eigenvalue weighted by atomic mass is 16.6. The van der Waals surface area contributed by atoms with E-state index in [1.54, 1.807) is 13.8 Å². The fourth-order valence-electron chi connectivity index (χ4n) is 1.51. The maximum atomic E-state index is 11.5. The lowest BCUT2D eigenvalue weighted by molar-refractivity contribution is -0.386. The summed E-state index contributed by atoms with van der Waals surface area (Å²) < 4.78 is 9.89. The third-order valence-electron chi connectivity index (χ3n) is 2.73. The number of esters is 1. The Kier molecular flexibility index (Phi) is 4.85. The molecule has 0 heterocycles. The zero-order chi connectivity index (χ0) is 16.2. The number of hydrogen-bond donors (Lipinski definition) is 1. The van der Waals surface area contributed by atoms with E-state index in [1.165, 1.54) is 19.2 Å². The largest absolute Gasteiger partial charge is 0.486 e. The fraction of sp³-hybridized carbons (Fsp3) is 0.385. The van der Waals surface area contributed by atoms with Crippen molar-refractivity contribution in [3.05, 3.63) is 33.9 Å². The van der Waals surface area contributed by atoms with Gasteiger partial charge in [0.1, 0.15) is 6.61 Å². The van der Waals surface area contributed by atoms with Crippen molar-refractivity contribution in [1.29, 1.82) is 0 Å². The Balaban J connectivity index is 3.01. The zero-order valence-electron chi connectivity index (χ0n) is 11.8. The quantitative estimate of drug-likeness (QED) is 0.484. The van der Waals surface area contributed by atoms with Crippen LogP contribution in [0.4, 0.5) is 5.69 Å². The third kappa shape index (κ3) is 3.91. The lowest BCUT2D eigenvalue weighted by Crippen LogP contribution is -2.32. The van der Waals surface area contributed by atoms with Gasteiger partial charge in [0.05, 0.1) is 23.0 Å². The summed E-state index contributed by atoms with van der Waals surface area (Å²) in [6.07, 6.45) is 0. The molecular formula is C13H15NO7. The van der Waals surface area contributed by atoms with Gasteiger partial charge < -0.3 is 14.6 Å². The van der Waals surface area contributed by atoms with E-state index in [4.69, 9.17) is 9.84 Å². The SMILES string of the molecule is COC(=O)C(C)(C)COc1ccc(C(=O)O)cc1[N+](=O)[O-]. The lowest BCUT2D eigenvalue weighted by Gasteiger charge is -2.21. The van der Waals surface area contributed by atoms with Gasteiger partial charge in [0.25, 0.3) is 0 Å². The van der Waals surface area contributed by atoms with Crippen LogP contribution in [0.25, 0.3) is 0 Å². The number of carboxylic acid groups (broad SMARTS) is 1. The number of ether oxygens (including phenoxy) is 2. The highest BCUT2D eigenvalue weighted by Gasteiger charge is 2.31. The fourth-order valence-corrected chi connectivity index (χ4v) is 1.51. The van der Waals surface area contributed by atoms with Gasteiger partial charge >= 0.3 is 17.6 Å². The molecule has 8 nitrogen and oxygen atoms in total. The maximum absolute atomic E-state index is 11.5. The Labute approximate surface area is 120 Å². The van der Waals surface area contributed by atoms with Crippen molar-refractivity contribution in [2.75, 3.05) is 13.7 Å². The third-order valence-corrected chi connectivity index (χ3v) is 2.73. The summed E-state index contributed by atoms with van der Waals surface area (Å²) in [6, 6.07) is 3.29. The molecular weight excluding hydrogens is 282 g/mol. The lowest BCUT2D eigenvalue weighted by atomic mass is 9.95. The molecule has 0 saturated heterocycles. The molecule has 0 saturated carbocycles. The number of carboxylic acids is 1. The van der Waals surface area contributed by atoms with E-state index in [1.807, 2.05) is 0 Å². The van der Waals surface area contributed by atoms with E-state index in [2.05, 4.69) is 4.74 Å². The minimum absolute atomic E-state index is 0.109. The molecule has 114 valence electrons. The second-order valence-corrected chi connectivity index (χ2v) is 4.91. The van der Waals surface area contributed by atoms with Gasteiger partial charge in [-0.25, -0.2) is 4.79 Å². The number of benzene rings is 1. The van der Waals surface area contributed by atoms with Gasteiger partial charge in [0, 0.05) is 6.07 Å². The van der Waals surface area contributed by atoms with Crippen LogP contribution in [0.5, 0.6) is 5.75 Å². The van der Waals surface area contributed by atoms with Gasteiger partial charge in [-0.05, 0) is 26.0 Å². The van der Waals surface area contributed by atoms with Crippen LogP contribution < -0.4 is 4.74 Å². The van der Waals surface area contributed by atoms with Crippen LogP contribution in [0.15, 0.2) is 18.2 Å². The van der Waals surface area contributed by atoms with Gasteiger partial charge in [0.2, 0.25) is 0 Å². The van der Waals surface area contributed by atoms with E-state index in [9.17, 15) is 19.7 Å². The van der Waals surface area contributed by atoms with E-state index < -0.39 is 28.0 Å². The van der Waals surface area contributed by atoms with Crippen LogP contribution >= 0.6 is 0 Å². The predicted molar refractivity (Wildman–Crippen MR) is 71.3 cm³/mol. The molecule has 0 aliphatic carbocycles. The minimum Gasteiger partial charge on any atom is -0.486 e. The molecule has 0 aliphatic heterocycles. The standard InChI is InChI=1S/C13H15NO7/c1-13(2,12(17)20-3)7-21-10-5-4-8(11(15)16)6-9(10)14(18)19/h4-6H,7H2,1-3H3,(H,15,16). The first-order chi connectivity index (χ1) is 9.69. The first kappa shape index (κ1) is 16.4. The molecule has 0 aromatic heterocycles. The summed E-state index contributed by atoms with van der Waals surface area (Å²) in [5.41, 5.74) is -1.69. The second kappa shape index (κ2) is 6.21. The Hall–Kier alpha value is -2.64. The first-order valence-corrected chi connectivity index (χ1v) is 5.92. The molecule has 8 heteroatoms. The number of rotatable bonds is 6. The van der Waals surface area contributed by atoms with Crippen LogP contribution in [0.2, 0.25) is 0 Å². The Morgan fingerprint density at radius 3 is 2.48 bits per heavy atom. The van der Waals surface area contributed by atoms with Crippen molar-refractivity contribution < 1.29 is 29.1 Å². The molecule has 1 aromatic carbocycles. The van der Waals surface area contributed by atoms with Crippen molar-refractivity contribution in [3.63, 3.8) is 0 Å². The van der Waals surface area contributed by atoms with Gasteiger partial charge in [-0.3, -0.25) is 14.9 Å². The number of carbonyl (C=O) groups excluding carboxylic acids is 1. The number of nitro groups is 1. The summed E-state index contributed by atoms with van der Waals surface area (Å²) in [7, 11) is 1.23.